The van der Waals surface area contributed by atoms with Crippen LogP contribution in [0.1, 0.15) is 56.2 Å². The molecule has 0 aliphatic carbocycles. The second-order valence-electron chi connectivity index (χ2n) is 5.48. The van der Waals surface area contributed by atoms with Crippen molar-refractivity contribution < 1.29 is 0 Å². The maximum absolute atomic E-state index is 3.63. The molecule has 0 saturated heterocycles. The van der Waals surface area contributed by atoms with Gasteiger partial charge in [-0.2, -0.15) is 0 Å². The molecule has 2 heteroatoms. The Morgan fingerprint density at radius 3 is 2.89 bits per heavy atom. The quantitative estimate of drug-likeness (QED) is 0.721. The van der Waals surface area contributed by atoms with Gasteiger partial charge in [-0.3, -0.25) is 0 Å². The highest BCUT2D eigenvalue weighted by Gasteiger charge is 2.10. The van der Waals surface area contributed by atoms with E-state index in [2.05, 4.69) is 42.7 Å². The molecule has 2 N–H and O–H groups in total. The van der Waals surface area contributed by atoms with Gasteiger partial charge in [-0.05, 0) is 30.0 Å². The van der Waals surface area contributed by atoms with E-state index in [-0.39, 0.29) is 0 Å². The first-order chi connectivity index (χ1) is 8.79. The van der Waals surface area contributed by atoms with E-state index in [1.807, 2.05) is 0 Å². The van der Waals surface area contributed by atoms with Crippen molar-refractivity contribution in [1.82, 2.24) is 10.6 Å². The standard InChI is InChI=1S/C16H26N2/c1-3-4-5-6-13(2)18-10-14-7-8-15-11-17-12-16(15)9-14/h7-9,13,17-18H,3-6,10-12H2,1-2H3. The summed E-state index contributed by atoms with van der Waals surface area (Å²) in [6.07, 6.45) is 5.31. The lowest BCUT2D eigenvalue weighted by Crippen LogP contribution is -2.25. The Balaban J connectivity index is 1.76. The Morgan fingerprint density at radius 2 is 2.06 bits per heavy atom. The van der Waals surface area contributed by atoms with Gasteiger partial charge in [0.15, 0.2) is 0 Å². The molecule has 0 bridgehead atoms. The van der Waals surface area contributed by atoms with E-state index < -0.39 is 0 Å². The zero-order valence-electron chi connectivity index (χ0n) is 11.8. The fourth-order valence-corrected chi connectivity index (χ4v) is 2.55. The van der Waals surface area contributed by atoms with Gasteiger partial charge in [0.05, 0.1) is 0 Å². The minimum Gasteiger partial charge on any atom is -0.310 e. The summed E-state index contributed by atoms with van der Waals surface area (Å²) in [5.41, 5.74) is 4.36. The summed E-state index contributed by atoms with van der Waals surface area (Å²) < 4.78 is 0. The zero-order valence-corrected chi connectivity index (χ0v) is 11.8. The van der Waals surface area contributed by atoms with E-state index in [0.29, 0.717) is 6.04 Å². The van der Waals surface area contributed by atoms with Gasteiger partial charge in [-0.1, -0.05) is 44.4 Å². The molecule has 2 nitrogen and oxygen atoms in total. The molecule has 0 saturated carbocycles. The highest BCUT2D eigenvalue weighted by Crippen LogP contribution is 2.17. The largest absolute Gasteiger partial charge is 0.310 e. The minimum absolute atomic E-state index is 0.628. The molecule has 0 fully saturated rings. The lowest BCUT2D eigenvalue weighted by molar-refractivity contribution is 0.487. The lowest BCUT2D eigenvalue weighted by Gasteiger charge is -2.14. The van der Waals surface area contributed by atoms with Gasteiger partial charge in [0.1, 0.15) is 0 Å². The first-order valence-corrected chi connectivity index (χ1v) is 7.34. The fourth-order valence-electron chi connectivity index (χ4n) is 2.55. The summed E-state index contributed by atoms with van der Waals surface area (Å²) in [7, 11) is 0. The molecular formula is C16H26N2. The number of nitrogens with one attached hydrogen (secondary N) is 2. The monoisotopic (exact) mass is 246 g/mol. The van der Waals surface area contributed by atoms with Crippen LogP contribution >= 0.6 is 0 Å². The molecule has 100 valence electrons. The third-order valence-electron chi connectivity index (χ3n) is 3.80. The van der Waals surface area contributed by atoms with E-state index in [4.69, 9.17) is 0 Å². The molecule has 0 amide bonds. The SMILES string of the molecule is CCCCCC(C)NCc1ccc2c(c1)CNC2. The van der Waals surface area contributed by atoms with Crippen LogP contribution in [0, 0.1) is 0 Å². The van der Waals surface area contributed by atoms with E-state index in [1.165, 1.54) is 42.4 Å². The Bertz CT molecular complexity index is 373. The Hall–Kier alpha value is -0.860. The third-order valence-corrected chi connectivity index (χ3v) is 3.80. The van der Waals surface area contributed by atoms with Crippen LogP contribution < -0.4 is 10.6 Å². The maximum Gasteiger partial charge on any atom is 0.0212 e. The van der Waals surface area contributed by atoms with E-state index in [9.17, 15) is 0 Å². The van der Waals surface area contributed by atoms with Crippen molar-refractivity contribution in [3.8, 4) is 0 Å². The molecule has 0 radical (unpaired) electrons. The molecule has 1 aromatic rings. The molecule has 0 aromatic heterocycles. The number of hydrogen-bond donors (Lipinski definition) is 2. The first kappa shape index (κ1) is 13.6. The van der Waals surface area contributed by atoms with Crippen molar-refractivity contribution in [3.05, 3.63) is 34.9 Å². The Labute approximate surface area is 111 Å². The summed E-state index contributed by atoms with van der Waals surface area (Å²) in [6.45, 7) is 7.63. The highest BCUT2D eigenvalue weighted by molar-refractivity contribution is 5.34. The summed E-state index contributed by atoms with van der Waals surface area (Å²) in [5.74, 6) is 0. The summed E-state index contributed by atoms with van der Waals surface area (Å²) in [5, 5.41) is 7.02. The van der Waals surface area contributed by atoms with E-state index >= 15 is 0 Å². The lowest BCUT2D eigenvalue weighted by atomic mass is 10.1. The molecule has 0 spiro atoms. The van der Waals surface area contributed by atoms with Crippen LogP contribution in [0.25, 0.3) is 0 Å². The molecular weight excluding hydrogens is 220 g/mol. The summed E-state index contributed by atoms with van der Waals surface area (Å²) in [6, 6.07) is 7.51. The molecule has 1 aliphatic heterocycles. The molecule has 1 atom stereocenters. The molecule has 1 aliphatic rings. The number of rotatable bonds is 7. The van der Waals surface area contributed by atoms with E-state index in [1.54, 1.807) is 0 Å². The van der Waals surface area contributed by atoms with Crippen molar-refractivity contribution in [1.29, 1.82) is 0 Å². The van der Waals surface area contributed by atoms with Crippen molar-refractivity contribution in [2.24, 2.45) is 0 Å². The smallest absolute Gasteiger partial charge is 0.0212 e. The van der Waals surface area contributed by atoms with Crippen LogP contribution in [-0.2, 0) is 19.6 Å². The molecule has 1 aromatic carbocycles. The highest BCUT2D eigenvalue weighted by atomic mass is 14.9. The van der Waals surface area contributed by atoms with Crippen LogP contribution in [0.4, 0.5) is 0 Å². The van der Waals surface area contributed by atoms with Crippen molar-refractivity contribution in [2.75, 3.05) is 0 Å². The molecule has 1 unspecified atom stereocenters. The van der Waals surface area contributed by atoms with Crippen LogP contribution in [-0.4, -0.2) is 6.04 Å². The van der Waals surface area contributed by atoms with Crippen molar-refractivity contribution >= 4 is 0 Å². The van der Waals surface area contributed by atoms with Crippen LogP contribution in [0.2, 0.25) is 0 Å². The van der Waals surface area contributed by atoms with Crippen molar-refractivity contribution in [3.63, 3.8) is 0 Å². The van der Waals surface area contributed by atoms with Gasteiger partial charge in [-0.25, -0.2) is 0 Å². The first-order valence-electron chi connectivity index (χ1n) is 7.34. The number of benzene rings is 1. The second-order valence-corrected chi connectivity index (χ2v) is 5.48. The zero-order chi connectivity index (χ0) is 12.8. The van der Waals surface area contributed by atoms with Gasteiger partial charge in [-0.15, -0.1) is 0 Å². The fraction of sp³-hybridized carbons (Fsp3) is 0.625. The minimum atomic E-state index is 0.628. The second kappa shape index (κ2) is 6.91. The molecule has 1 heterocycles. The van der Waals surface area contributed by atoms with Crippen molar-refractivity contribution in [2.45, 2.75) is 65.2 Å². The van der Waals surface area contributed by atoms with Gasteiger partial charge < -0.3 is 10.6 Å². The van der Waals surface area contributed by atoms with Gasteiger partial charge in [0.2, 0.25) is 0 Å². The number of fused-ring (bicyclic) bond motifs is 1. The predicted octanol–water partition coefficient (Wildman–Crippen LogP) is 3.35. The average Bonchev–Trinajstić information content (AvgIpc) is 2.84. The Kier molecular flexibility index (Phi) is 5.21. The van der Waals surface area contributed by atoms with Gasteiger partial charge >= 0.3 is 0 Å². The van der Waals surface area contributed by atoms with E-state index in [0.717, 1.165) is 19.6 Å². The summed E-state index contributed by atoms with van der Waals surface area (Å²) >= 11 is 0. The topological polar surface area (TPSA) is 24.1 Å². The van der Waals surface area contributed by atoms with Gasteiger partial charge in [0, 0.05) is 25.7 Å². The Morgan fingerprint density at radius 1 is 1.22 bits per heavy atom. The third kappa shape index (κ3) is 3.82. The average molecular weight is 246 g/mol. The number of hydrogen-bond acceptors (Lipinski definition) is 2. The van der Waals surface area contributed by atoms with Gasteiger partial charge in [0.25, 0.3) is 0 Å². The summed E-state index contributed by atoms with van der Waals surface area (Å²) in [4.78, 5) is 0. The van der Waals surface area contributed by atoms with Crippen LogP contribution in [0.5, 0.6) is 0 Å². The van der Waals surface area contributed by atoms with Crippen LogP contribution in [0.15, 0.2) is 18.2 Å². The number of unbranched alkanes of at least 4 members (excludes halogenated alkanes) is 2. The molecule has 18 heavy (non-hydrogen) atoms. The molecule has 2 rings (SSSR count). The van der Waals surface area contributed by atoms with Crippen LogP contribution in [0.3, 0.4) is 0 Å². The predicted molar refractivity (Wildman–Crippen MR) is 77.4 cm³/mol. The maximum atomic E-state index is 3.63. The normalized spacial score (nSPS) is 15.7.